The Morgan fingerprint density at radius 2 is 1.52 bits per heavy atom. The number of urea groups is 1. The second-order valence-corrected chi connectivity index (χ2v) is 8.05. The third kappa shape index (κ3) is 5.61. The Morgan fingerprint density at radius 3 is 2.16 bits per heavy atom. The summed E-state index contributed by atoms with van der Waals surface area (Å²) in [4.78, 5) is 24.3. The average Bonchev–Trinajstić information content (AvgIpc) is 2.73. The Kier molecular flexibility index (Phi) is 6.56. The lowest BCUT2D eigenvalue weighted by Gasteiger charge is -2.13. The number of amides is 2. The maximum absolute atomic E-state index is 12.6. The summed E-state index contributed by atoms with van der Waals surface area (Å²) >= 11 is 0. The molecule has 0 spiro atoms. The zero-order chi connectivity index (χ0) is 22.4. The molecule has 0 aliphatic carbocycles. The molecule has 8 nitrogen and oxygen atoms in total. The summed E-state index contributed by atoms with van der Waals surface area (Å²) in [6.45, 7) is 1.89. The Labute approximate surface area is 179 Å². The minimum Gasteiger partial charge on any atom is -0.465 e. The Bertz CT molecular complexity index is 1210. The molecular formula is C22H20N2O6S. The summed E-state index contributed by atoms with van der Waals surface area (Å²) in [7, 11) is -3.05. The quantitative estimate of drug-likeness (QED) is 0.439. The summed E-state index contributed by atoms with van der Waals surface area (Å²) < 4.78 is 35.1. The summed E-state index contributed by atoms with van der Waals surface area (Å²) in [5, 5.41) is 5.26. The molecule has 0 unspecified atom stereocenters. The van der Waals surface area contributed by atoms with Crippen molar-refractivity contribution in [3.05, 3.63) is 83.9 Å². The predicted molar refractivity (Wildman–Crippen MR) is 116 cm³/mol. The normalized spacial score (nSPS) is 10.8. The fourth-order valence-corrected chi connectivity index (χ4v) is 3.68. The Morgan fingerprint density at radius 1 is 0.839 bits per heavy atom. The number of anilines is 2. The van der Waals surface area contributed by atoms with Gasteiger partial charge in [0.2, 0.25) is 0 Å². The van der Waals surface area contributed by atoms with Gasteiger partial charge in [-0.3, -0.25) is 0 Å². The van der Waals surface area contributed by atoms with E-state index in [0.717, 1.165) is 5.56 Å². The number of esters is 1. The van der Waals surface area contributed by atoms with Gasteiger partial charge in [-0.05, 0) is 48.9 Å². The zero-order valence-electron chi connectivity index (χ0n) is 16.8. The number of nitrogens with one attached hydrogen (secondary N) is 2. The molecule has 160 valence electrons. The molecule has 0 saturated heterocycles. The molecule has 0 atom stereocenters. The van der Waals surface area contributed by atoms with Crippen molar-refractivity contribution in [2.24, 2.45) is 0 Å². The first kappa shape index (κ1) is 21.8. The fraction of sp³-hybridized carbons (Fsp3) is 0.0909. The highest BCUT2D eigenvalue weighted by Crippen LogP contribution is 2.28. The maximum Gasteiger partial charge on any atom is 0.341 e. The van der Waals surface area contributed by atoms with Gasteiger partial charge in [0.25, 0.3) is 0 Å². The molecule has 0 fully saturated rings. The molecule has 0 saturated carbocycles. The van der Waals surface area contributed by atoms with Crippen LogP contribution >= 0.6 is 0 Å². The number of rotatable bonds is 6. The van der Waals surface area contributed by atoms with Crippen LogP contribution in [0, 0.1) is 6.92 Å². The van der Waals surface area contributed by atoms with Crippen molar-refractivity contribution < 1.29 is 26.9 Å². The molecule has 9 heteroatoms. The van der Waals surface area contributed by atoms with Crippen LogP contribution in [0.2, 0.25) is 0 Å². The van der Waals surface area contributed by atoms with Crippen molar-refractivity contribution in [2.75, 3.05) is 17.7 Å². The molecule has 0 radical (unpaired) electrons. The second kappa shape index (κ2) is 9.31. The second-order valence-electron chi connectivity index (χ2n) is 6.50. The first-order valence-corrected chi connectivity index (χ1v) is 10.6. The lowest BCUT2D eigenvalue weighted by Crippen LogP contribution is -2.20. The fourth-order valence-electron chi connectivity index (χ4n) is 2.72. The van der Waals surface area contributed by atoms with E-state index < -0.39 is 22.1 Å². The third-order valence-corrected chi connectivity index (χ3v) is 5.40. The Hall–Kier alpha value is -3.85. The third-order valence-electron chi connectivity index (χ3n) is 4.15. The molecule has 2 N–H and O–H groups in total. The molecule has 0 heterocycles. The molecule has 3 aromatic carbocycles. The maximum atomic E-state index is 12.6. The van der Waals surface area contributed by atoms with Crippen LogP contribution in [-0.4, -0.2) is 27.5 Å². The number of methoxy groups -OCH3 is 1. The van der Waals surface area contributed by atoms with Crippen molar-refractivity contribution >= 4 is 33.5 Å². The van der Waals surface area contributed by atoms with Crippen LogP contribution in [0.4, 0.5) is 16.2 Å². The molecule has 0 bridgehead atoms. The lowest BCUT2D eigenvalue weighted by molar-refractivity contribution is 0.0599. The van der Waals surface area contributed by atoms with E-state index in [1.165, 1.54) is 37.4 Å². The lowest BCUT2D eigenvalue weighted by atomic mass is 10.2. The standard InChI is InChI=1S/C22H20N2O6S/c1-15-7-6-8-16(13-15)23-22(26)24-17-11-12-19(21(25)29-2)20(14-17)30-31(27,28)18-9-4-3-5-10-18/h3-14H,1-2H3,(H2,23,24,26). The van der Waals surface area contributed by atoms with E-state index in [9.17, 15) is 18.0 Å². The van der Waals surface area contributed by atoms with Crippen LogP contribution < -0.4 is 14.8 Å². The van der Waals surface area contributed by atoms with Gasteiger partial charge in [0, 0.05) is 17.4 Å². The molecule has 3 aromatic rings. The van der Waals surface area contributed by atoms with E-state index in [1.807, 2.05) is 13.0 Å². The average molecular weight is 440 g/mol. The van der Waals surface area contributed by atoms with E-state index in [-0.39, 0.29) is 21.9 Å². The van der Waals surface area contributed by atoms with E-state index in [2.05, 4.69) is 10.6 Å². The number of carbonyl (C=O) groups excluding carboxylic acids is 2. The zero-order valence-corrected chi connectivity index (χ0v) is 17.6. The van der Waals surface area contributed by atoms with Gasteiger partial charge < -0.3 is 19.6 Å². The smallest absolute Gasteiger partial charge is 0.341 e. The summed E-state index contributed by atoms with van der Waals surface area (Å²) in [5.41, 5.74) is 1.68. The molecule has 0 aliphatic rings. The summed E-state index contributed by atoms with van der Waals surface area (Å²) in [5.74, 6) is -1.06. The summed E-state index contributed by atoms with van der Waals surface area (Å²) in [6.07, 6.45) is 0. The van der Waals surface area contributed by atoms with Gasteiger partial charge in [0.05, 0.1) is 7.11 Å². The van der Waals surface area contributed by atoms with Gasteiger partial charge in [-0.15, -0.1) is 0 Å². The van der Waals surface area contributed by atoms with Crippen LogP contribution in [0.5, 0.6) is 5.75 Å². The number of hydrogen-bond acceptors (Lipinski definition) is 6. The molecule has 0 aromatic heterocycles. The van der Waals surface area contributed by atoms with Crippen LogP contribution in [0.25, 0.3) is 0 Å². The highest BCUT2D eigenvalue weighted by molar-refractivity contribution is 7.87. The molecule has 3 rings (SSSR count). The Balaban J connectivity index is 1.86. The first-order chi connectivity index (χ1) is 14.8. The van der Waals surface area contributed by atoms with Gasteiger partial charge in [0.1, 0.15) is 10.5 Å². The largest absolute Gasteiger partial charge is 0.465 e. The van der Waals surface area contributed by atoms with Gasteiger partial charge in [-0.25, -0.2) is 9.59 Å². The molecule has 0 aliphatic heterocycles. The number of hydrogen-bond donors (Lipinski definition) is 2. The number of carbonyl (C=O) groups is 2. The van der Waals surface area contributed by atoms with Crippen LogP contribution in [0.1, 0.15) is 15.9 Å². The van der Waals surface area contributed by atoms with E-state index in [0.29, 0.717) is 5.69 Å². The molecule has 31 heavy (non-hydrogen) atoms. The highest BCUT2D eigenvalue weighted by Gasteiger charge is 2.22. The van der Waals surface area contributed by atoms with Crippen molar-refractivity contribution in [1.82, 2.24) is 0 Å². The van der Waals surface area contributed by atoms with Crippen LogP contribution in [0.15, 0.2) is 77.7 Å². The predicted octanol–water partition coefficient (Wildman–Crippen LogP) is 4.19. The number of aryl methyl sites for hydroxylation is 1. The van der Waals surface area contributed by atoms with Gasteiger partial charge in [-0.2, -0.15) is 8.42 Å². The van der Waals surface area contributed by atoms with Crippen molar-refractivity contribution in [2.45, 2.75) is 11.8 Å². The summed E-state index contributed by atoms with van der Waals surface area (Å²) in [6, 6.07) is 18.1. The van der Waals surface area contributed by atoms with Crippen molar-refractivity contribution in [1.29, 1.82) is 0 Å². The minimum atomic E-state index is -4.21. The van der Waals surface area contributed by atoms with Crippen molar-refractivity contribution in [3.63, 3.8) is 0 Å². The minimum absolute atomic E-state index is 0.0821. The van der Waals surface area contributed by atoms with E-state index >= 15 is 0 Å². The molecule has 2 amide bonds. The first-order valence-electron chi connectivity index (χ1n) is 9.15. The SMILES string of the molecule is COC(=O)c1ccc(NC(=O)Nc2cccc(C)c2)cc1OS(=O)(=O)c1ccccc1. The topological polar surface area (TPSA) is 111 Å². The van der Waals surface area contributed by atoms with E-state index in [1.54, 1.807) is 36.4 Å². The highest BCUT2D eigenvalue weighted by atomic mass is 32.2. The number of ether oxygens (including phenoxy) is 1. The molecular weight excluding hydrogens is 420 g/mol. The van der Waals surface area contributed by atoms with Crippen LogP contribution in [-0.2, 0) is 14.9 Å². The monoisotopic (exact) mass is 440 g/mol. The van der Waals surface area contributed by atoms with Gasteiger partial charge in [0.15, 0.2) is 5.75 Å². The number of benzene rings is 3. The van der Waals surface area contributed by atoms with Gasteiger partial charge in [-0.1, -0.05) is 30.3 Å². The van der Waals surface area contributed by atoms with E-state index in [4.69, 9.17) is 8.92 Å². The van der Waals surface area contributed by atoms with Crippen LogP contribution in [0.3, 0.4) is 0 Å². The van der Waals surface area contributed by atoms with Gasteiger partial charge >= 0.3 is 22.1 Å². The van der Waals surface area contributed by atoms with Crippen molar-refractivity contribution in [3.8, 4) is 5.75 Å².